The number of amides is 2. The van der Waals surface area contributed by atoms with Gasteiger partial charge in [0.05, 0.1) is 12.3 Å². The Hall–Kier alpha value is -2.41. The molecule has 22 heavy (non-hydrogen) atoms. The molecule has 1 aromatic carbocycles. The first-order valence-corrected chi connectivity index (χ1v) is 6.91. The van der Waals surface area contributed by atoms with Gasteiger partial charge in [0.25, 0.3) is 0 Å². The van der Waals surface area contributed by atoms with Crippen molar-refractivity contribution in [3.05, 3.63) is 52.1 Å². The fourth-order valence-electron chi connectivity index (χ4n) is 2.11. The average molecular weight is 306 g/mol. The number of halogens is 1. The molecule has 0 atom stereocenters. The van der Waals surface area contributed by atoms with E-state index in [-0.39, 0.29) is 24.7 Å². The monoisotopic (exact) mass is 306 g/mol. The van der Waals surface area contributed by atoms with Crippen LogP contribution in [0.5, 0.6) is 0 Å². The van der Waals surface area contributed by atoms with E-state index in [1.54, 1.807) is 6.07 Å². The van der Waals surface area contributed by atoms with Crippen molar-refractivity contribution in [3.8, 4) is 0 Å². The molecule has 6 nitrogen and oxygen atoms in total. The number of aromatic nitrogens is 2. The first kappa shape index (κ1) is 16.0. The van der Waals surface area contributed by atoms with Crippen molar-refractivity contribution in [1.29, 1.82) is 0 Å². The Morgan fingerprint density at radius 1 is 1.32 bits per heavy atom. The molecule has 0 bridgehead atoms. The molecule has 0 fully saturated rings. The van der Waals surface area contributed by atoms with Gasteiger partial charge in [0.2, 0.25) is 0 Å². The number of rotatable bonds is 5. The lowest BCUT2D eigenvalue weighted by molar-refractivity contribution is 0.240. The van der Waals surface area contributed by atoms with E-state index in [0.29, 0.717) is 6.54 Å². The lowest BCUT2D eigenvalue weighted by Crippen LogP contribution is -2.34. The van der Waals surface area contributed by atoms with Crippen LogP contribution in [-0.4, -0.2) is 21.3 Å². The topological polar surface area (TPSA) is 90.0 Å². The summed E-state index contributed by atoms with van der Waals surface area (Å²) in [6, 6.07) is 4.05. The van der Waals surface area contributed by atoms with Crippen LogP contribution >= 0.6 is 0 Å². The summed E-state index contributed by atoms with van der Waals surface area (Å²) in [5, 5.41) is 21.4. The highest BCUT2D eigenvalue weighted by atomic mass is 19.1. The van der Waals surface area contributed by atoms with Gasteiger partial charge in [-0.2, -0.15) is 5.10 Å². The normalized spacial score (nSPS) is 10.5. The Bertz CT molecular complexity index is 650. The van der Waals surface area contributed by atoms with Crippen LogP contribution in [0.4, 0.5) is 9.18 Å². The molecule has 0 aliphatic rings. The smallest absolute Gasteiger partial charge is 0.315 e. The van der Waals surface area contributed by atoms with Gasteiger partial charge in [-0.3, -0.25) is 5.10 Å². The molecule has 4 N–H and O–H groups in total. The highest BCUT2D eigenvalue weighted by Gasteiger charge is 2.08. The SMILES string of the molecule is Cc1n[nH]c(C)c1CNC(=O)NCc1ccc(F)c(CO)c1. The summed E-state index contributed by atoms with van der Waals surface area (Å²) in [7, 11) is 0. The minimum Gasteiger partial charge on any atom is -0.392 e. The fraction of sp³-hybridized carbons (Fsp3) is 0.333. The van der Waals surface area contributed by atoms with Gasteiger partial charge in [-0.15, -0.1) is 0 Å². The lowest BCUT2D eigenvalue weighted by Gasteiger charge is -2.09. The molecule has 0 spiro atoms. The van der Waals surface area contributed by atoms with E-state index in [0.717, 1.165) is 22.5 Å². The first-order valence-electron chi connectivity index (χ1n) is 6.91. The molecule has 0 radical (unpaired) electrons. The number of aryl methyl sites for hydroxylation is 2. The third-order valence-corrected chi connectivity index (χ3v) is 3.44. The molecule has 2 amide bonds. The summed E-state index contributed by atoms with van der Waals surface area (Å²) in [6.45, 7) is 4.02. The van der Waals surface area contributed by atoms with E-state index in [2.05, 4.69) is 20.8 Å². The minimum atomic E-state index is -0.457. The number of carbonyl (C=O) groups excluding carboxylic acids is 1. The molecular weight excluding hydrogens is 287 g/mol. The number of nitrogens with zero attached hydrogens (tertiary/aromatic N) is 1. The summed E-state index contributed by atoms with van der Waals surface area (Å²) in [5.74, 6) is -0.457. The van der Waals surface area contributed by atoms with Crippen LogP contribution in [0.1, 0.15) is 28.1 Å². The number of benzene rings is 1. The van der Waals surface area contributed by atoms with E-state index in [4.69, 9.17) is 5.11 Å². The molecule has 7 heteroatoms. The Balaban J connectivity index is 1.85. The summed E-state index contributed by atoms with van der Waals surface area (Å²) in [4.78, 5) is 11.8. The molecule has 2 rings (SSSR count). The Kier molecular flexibility index (Phi) is 5.11. The van der Waals surface area contributed by atoms with Crippen molar-refractivity contribution in [2.24, 2.45) is 0 Å². The second kappa shape index (κ2) is 7.04. The summed E-state index contributed by atoms with van der Waals surface area (Å²) >= 11 is 0. The number of carbonyl (C=O) groups is 1. The van der Waals surface area contributed by atoms with Crippen molar-refractivity contribution in [3.63, 3.8) is 0 Å². The summed E-state index contributed by atoms with van der Waals surface area (Å²) in [5.41, 5.74) is 3.66. The van der Waals surface area contributed by atoms with Crippen molar-refractivity contribution >= 4 is 6.03 Å². The third-order valence-electron chi connectivity index (χ3n) is 3.44. The maximum atomic E-state index is 13.3. The number of hydrogen-bond donors (Lipinski definition) is 4. The van der Waals surface area contributed by atoms with Crippen LogP contribution in [0.25, 0.3) is 0 Å². The third kappa shape index (κ3) is 3.82. The lowest BCUT2D eigenvalue weighted by atomic mass is 10.1. The number of hydrogen-bond acceptors (Lipinski definition) is 3. The van der Waals surface area contributed by atoms with Crippen LogP contribution in [0, 0.1) is 19.7 Å². The van der Waals surface area contributed by atoms with Crippen LogP contribution in [0.2, 0.25) is 0 Å². The minimum absolute atomic E-state index is 0.212. The molecule has 2 aromatic rings. The number of aromatic amines is 1. The standard InChI is InChI=1S/C15H19FN4O2/c1-9-13(10(2)20-19-9)7-18-15(22)17-6-11-3-4-14(16)12(5-11)8-21/h3-5,21H,6-8H2,1-2H3,(H,19,20)(H2,17,18,22). The zero-order valence-electron chi connectivity index (χ0n) is 12.5. The number of nitrogens with one attached hydrogen (secondary N) is 3. The number of aliphatic hydroxyl groups excluding tert-OH is 1. The van der Waals surface area contributed by atoms with Gasteiger partial charge >= 0.3 is 6.03 Å². The Labute approximate surface area is 127 Å². The van der Waals surface area contributed by atoms with Crippen molar-refractivity contribution in [2.45, 2.75) is 33.5 Å². The molecule has 0 unspecified atom stereocenters. The molecule has 0 aliphatic carbocycles. The van der Waals surface area contributed by atoms with Crippen molar-refractivity contribution in [1.82, 2.24) is 20.8 Å². The van der Waals surface area contributed by atoms with E-state index < -0.39 is 5.82 Å². The second-order valence-electron chi connectivity index (χ2n) is 5.03. The van der Waals surface area contributed by atoms with Crippen LogP contribution in [0.15, 0.2) is 18.2 Å². The highest BCUT2D eigenvalue weighted by molar-refractivity contribution is 5.73. The quantitative estimate of drug-likeness (QED) is 0.677. The van der Waals surface area contributed by atoms with Crippen LogP contribution in [-0.2, 0) is 19.7 Å². The second-order valence-corrected chi connectivity index (χ2v) is 5.03. The molecule has 1 aromatic heterocycles. The van der Waals surface area contributed by atoms with Crippen molar-refractivity contribution < 1.29 is 14.3 Å². The average Bonchev–Trinajstić information content (AvgIpc) is 2.83. The molecular formula is C15H19FN4O2. The van der Waals surface area contributed by atoms with Gasteiger partial charge < -0.3 is 15.7 Å². The van der Waals surface area contributed by atoms with Crippen molar-refractivity contribution in [2.75, 3.05) is 0 Å². The number of urea groups is 1. The zero-order valence-corrected chi connectivity index (χ0v) is 12.5. The van der Waals surface area contributed by atoms with Crippen LogP contribution < -0.4 is 10.6 Å². The predicted octanol–water partition coefficient (Wildman–Crippen LogP) is 1.66. The van der Waals surface area contributed by atoms with Gasteiger partial charge in [0.1, 0.15) is 5.82 Å². The van der Waals surface area contributed by atoms with Crippen LogP contribution in [0.3, 0.4) is 0 Å². The van der Waals surface area contributed by atoms with Gasteiger partial charge in [-0.25, -0.2) is 9.18 Å². The molecule has 0 saturated carbocycles. The molecule has 118 valence electrons. The molecule has 1 heterocycles. The van der Waals surface area contributed by atoms with Gasteiger partial charge in [0.15, 0.2) is 0 Å². The number of H-pyrrole nitrogens is 1. The van der Waals surface area contributed by atoms with E-state index in [1.807, 2.05) is 13.8 Å². The number of aliphatic hydroxyl groups is 1. The summed E-state index contributed by atoms with van der Waals surface area (Å²) < 4.78 is 13.3. The Morgan fingerprint density at radius 3 is 2.68 bits per heavy atom. The molecule has 0 saturated heterocycles. The maximum Gasteiger partial charge on any atom is 0.315 e. The zero-order chi connectivity index (χ0) is 16.1. The highest BCUT2D eigenvalue weighted by Crippen LogP contribution is 2.11. The van der Waals surface area contributed by atoms with Gasteiger partial charge in [-0.05, 0) is 31.5 Å². The fourth-order valence-corrected chi connectivity index (χ4v) is 2.11. The first-order chi connectivity index (χ1) is 10.5. The van der Waals surface area contributed by atoms with Gasteiger partial charge in [-0.1, -0.05) is 6.07 Å². The maximum absolute atomic E-state index is 13.3. The predicted molar refractivity (Wildman–Crippen MR) is 79.5 cm³/mol. The summed E-state index contributed by atoms with van der Waals surface area (Å²) in [6.07, 6.45) is 0. The van der Waals surface area contributed by atoms with E-state index in [9.17, 15) is 9.18 Å². The Morgan fingerprint density at radius 2 is 2.05 bits per heavy atom. The largest absolute Gasteiger partial charge is 0.392 e. The van der Waals surface area contributed by atoms with E-state index >= 15 is 0 Å². The van der Waals surface area contributed by atoms with E-state index in [1.165, 1.54) is 12.1 Å². The molecule has 0 aliphatic heterocycles. The van der Waals surface area contributed by atoms with Gasteiger partial charge in [0, 0.05) is 29.9 Å².